The number of carbonyl (C=O) groups excluding carboxylic acids is 1. The molecule has 3 heterocycles. The first-order valence-electron chi connectivity index (χ1n) is 11.2. The van der Waals surface area contributed by atoms with Crippen LogP contribution in [0.3, 0.4) is 0 Å². The number of hydrogen-bond donors (Lipinski definition) is 3. The van der Waals surface area contributed by atoms with Gasteiger partial charge in [0, 0.05) is 65.9 Å². The van der Waals surface area contributed by atoms with Crippen LogP contribution in [-0.4, -0.2) is 45.3 Å². The lowest BCUT2D eigenvalue weighted by atomic mass is 9.86. The summed E-state index contributed by atoms with van der Waals surface area (Å²) in [7, 11) is 0. The molecule has 2 aromatic heterocycles. The van der Waals surface area contributed by atoms with E-state index in [9.17, 15) is 4.79 Å². The number of hydrogen-bond acceptors (Lipinski definition) is 4. The lowest BCUT2D eigenvalue weighted by molar-refractivity contribution is -0.128. The Kier molecular flexibility index (Phi) is 6.36. The molecule has 1 aliphatic carbocycles. The van der Waals surface area contributed by atoms with Gasteiger partial charge in [0.25, 0.3) is 5.91 Å². The van der Waals surface area contributed by atoms with Crippen molar-refractivity contribution in [3.8, 4) is 0 Å². The highest BCUT2D eigenvalue weighted by Crippen LogP contribution is 2.54. The summed E-state index contributed by atoms with van der Waals surface area (Å²) in [6.45, 7) is 8.76. The SMILES string of the molecule is C=CC=CC(=CC=C)C(=O)N1CCC2(C=C2CC(=N)CC(=N)c2cc3cnccc3[nH]2)CC1. The van der Waals surface area contributed by atoms with E-state index in [0.717, 1.165) is 29.4 Å². The molecule has 1 saturated heterocycles. The Morgan fingerprint density at radius 2 is 2.03 bits per heavy atom. The number of aromatic nitrogens is 2. The largest absolute Gasteiger partial charge is 0.353 e. The lowest BCUT2D eigenvalue weighted by Crippen LogP contribution is -2.40. The minimum Gasteiger partial charge on any atom is -0.353 e. The van der Waals surface area contributed by atoms with Crippen LogP contribution in [0.5, 0.6) is 0 Å². The first kappa shape index (κ1) is 22.4. The topological polar surface area (TPSA) is 96.7 Å². The van der Waals surface area contributed by atoms with Crippen molar-refractivity contribution in [3.05, 3.63) is 91.0 Å². The summed E-state index contributed by atoms with van der Waals surface area (Å²) in [4.78, 5) is 22.1. The van der Waals surface area contributed by atoms with Crippen molar-refractivity contribution in [1.82, 2.24) is 14.9 Å². The molecule has 1 fully saturated rings. The Morgan fingerprint density at radius 1 is 1.24 bits per heavy atom. The fraction of sp³-hybridized carbons (Fsp3) is 0.259. The van der Waals surface area contributed by atoms with E-state index in [2.05, 4.69) is 29.2 Å². The zero-order valence-corrected chi connectivity index (χ0v) is 18.7. The molecule has 4 rings (SSSR count). The summed E-state index contributed by atoms with van der Waals surface area (Å²) in [5, 5.41) is 17.8. The van der Waals surface area contributed by atoms with E-state index in [1.165, 1.54) is 5.57 Å². The van der Waals surface area contributed by atoms with E-state index in [1.807, 2.05) is 17.0 Å². The summed E-state index contributed by atoms with van der Waals surface area (Å²) >= 11 is 0. The number of nitrogens with one attached hydrogen (secondary N) is 3. The Hall–Kier alpha value is -3.80. The highest BCUT2D eigenvalue weighted by molar-refractivity contribution is 6.11. The first-order chi connectivity index (χ1) is 16.0. The van der Waals surface area contributed by atoms with E-state index in [-0.39, 0.29) is 11.3 Å². The maximum absolute atomic E-state index is 12.8. The molecular formula is C27H29N5O. The monoisotopic (exact) mass is 439 g/mol. The number of amides is 1. The van der Waals surface area contributed by atoms with Crippen molar-refractivity contribution in [1.29, 1.82) is 10.8 Å². The number of allylic oxidation sites excluding steroid dienone is 6. The standard InChI is InChI=1S/C27H29N5O/c1-3-5-7-19(6-4-2)26(33)32-12-9-27(10-13-32)17-21(27)15-22(28)16-23(29)25-14-20-18-30-11-8-24(20)31-25/h3-8,11,14,17-18,28-29,31H,1-2,9-10,12-13,15-16H2. The third-order valence-corrected chi connectivity index (χ3v) is 6.45. The lowest BCUT2D eigenvalue weighted by Gasteiger charge is -2.34. The van der Waals surface area contributed by atoms with Crippen LogP contribution in [0.2, 0.25) is 0 Å². The minimum absolute atomic E-state index is 0.0137. The summed E-state index contributed by atoms with van der Waals surface area (Å²) in [5.41, 5.74) is 4.59. The van der Waals surface area contributed by atoms with Crippen molar-refractivity contribution >= 4 is 28.2 Å². The Bertz CT molecular complexity index is 1190. The second-order valence-corrected chi connectivity index (χ2v) is 8.65. The molecule has 0 radical (unpaired) electrons. The number of H-pyrrole nitrogens is 1. The fourth-order valence-corrected chi connectivity index (χ4v) is 4.51. The van der Waals surface area contributed by atoms with Gasteiger partial charge >= 0.3 is 0 Å². The normalized spacial score (nSPS) is 17.3. The minimum atomic E-state index is 0.0137. The maximum atomic E-state index is 12.8. The van der Waals surface area contributed by atoms with E-state index < -0.39 is 0 Å². The molecule has 6 heteroatoms. The van der Waals surface area contributed by atoms with Gasteiger partial charge in [-0.1, -0.05) is 49.1 Å². The average Bonchev–Trinajstić information content (AvgIpc) is 3.27. The molecule has 3 N–H and O–H groups in total. The third kappa shape index (κ3) is 4.85. The number of likely N-dealkylation sites (tertiary alicyclic amines) is 1. The smallest absolute Gasteiger partial charge is 0.253 e. The number of rotatable bonds is 9. The van der Waals surface area contributed by atoms with Crippen LogP contribution < -0.4 is 0 Å². The average molecular weight is 440 g/mol. The number of nitrogens with zero attached hydrogens (tertiary/aromatic N) is 2. The summed E-state index contributed by atoms with van der Waals surface area (Å²) in [6, 6.07) is 3.81. The quantitative estimate of drug-likeness (QED) is 0.218. The first-order valence-corrected chi connectivity index (χ1v) is 11.2. The summed E-state index contributed by atoms with van der Waals surface area (Å²) in [6.07, 6.45) is 17.0. The van der Waals surface area contributed by atoms with Crippen LogP contribution in [0.4, 0.5) is 0 Å². The van der Waals surface area contributed by atoms with Crippen LogP contribution in [0.1, 0.15) is 31.4 Å². The molecule has 1 amide bonds. The van der Waals surface area contributed by atoms with Gasteiger partial charge in [0.2, 0.25) is 0 Å². The molecule has 2 aliphatic rings. The van der Waals surface area contributed by atoms with Gasteiger partial charge in [0.15, 0.2) is 0 Å². The Balaban J connectivity index is 1.28. The van der Waals surface area contributed by atoms with Gasteiger partial charge in [-0.2, -0.15) is 0 Å². The predicted molar refractivity (Wildman–Crippen MR) is 134 cm³/mol. The van der Waals surface area contributed by atoms with Crippen LogP contribution in [0.15, 0.2) is 85.3 Å². The molecule has 6 nitrogen and oxygen atoms in total. The fourth-order valence-electron chi connectivity index (χ4n) is 4.51. The maximum Gasteiger partial charge on any atom is 0.253 e. The predicted octanol–water partition coefficient (Wildman–Crippen LogP) is 5.13. The van der Waals surface area contributed by atoms with Gasteiger partial charge in [0.1, 0.15) is 0 Å². The molecule has 33 heavy (non-hydrogen) atoms. The second-order valence-electron chi connectivity index (χ2n) is 8.65. The van der Waals surface area contributed by atoms with E-state index in [4.69, 9.17) is 10.8 Å². The molecule has 1 spiro atoms. The molecular weight excluding hydrogens is 410 g/mol. The number of pyridine rings is 1. The molecule has 0 saturated carbocycles. The summed E-state index contributed by atoms with van der Waals surface area (Å²) in [5.74, 6) is 0.0137. The molecule has 0 bridgehead atoms. The van der Waals surface area contributed by atoms with Crippen LogP contribution in [-0.2, 0) is 4.79 Å². The van der Waals surface area contributed by atoms with Crippen LogP contribution in [0.25, 0.3) is 10.9 Å². The van der Waals surface area contributed by atoms with E-state index in [1.54, 1.807) is 42.8 Å². The van der Waals surface area contributed by atoms with Gasteiger partial charge in [-0.15, -0.1) is 0 Å². The molecule has 0 unspecified atom stereocenters. The van der Waals surface area contributed by atoms with Crippen LogP contribution in [0, 0.1) is 16.2 Å². The molecule has 1 aliphatic heterocycles. The number of aromatic amines is 1. The highest BCUT2D eigenvalue weighted by Gasteiger charge is 2.46. The Morgan fingerprint density at radius 3 is 2.73 bits per heavy atom. The van der Waals surface area contributed by atoms with Crippen molar-refractivity contribution < 1.29 is 4.79 Å². The molecule has 0 aromatic carbocycles. The molecule has 168 valence electrons. The van der Waals surface area contributed by atoms with Crippen molar-refractivity contribution in [2.24, 2.45) is 5.41 Å². The number of carbonyl (C=O) groups is 1. The Labute approximate surface area is 194 Å². The van der Waals surface area contributed by atoms with Gasteiger partial charge in [-0.25, -0.2) is 0 Å². The van der Waals surface area contributed by atoms with E-state index >= 15 is 0 Å². The second kappa shape index (κ2) is 9.36. The zero-order valence-electron chi connectivity index (χ0n) is 18.7. The van der Waals surface area contributed by atoms with Crippen molar-refractivity contribution in [2.45, 2.75) is 25.7 Å². The molecule has 0 atom stereocenters. The number of piperidine rings is 1. The third-order valence-electron chi connectivity index (χ3n) is 6.45. The highest BCUT2D eigenvalue weighted by atomic mass is 16.2. The van der Waals surface area contributed by atoms with Crippen molar-refractivity contribution in [3.63, 3.8) is 0 Å². The van der Waals surface area contributed by atoms with E-state index in [0.29, 0.717) is 42.9 Å². The van der Waals surface area contributed by atoms with Crippen molar-refractivity contribution in [2.75, 3.05) is 13.1 Å². The van der Waals surface area contributed by atoms with Gasteiger partial charge in [-0.05, 0) is 31.1 Å². The zero-order chi connectivity index (χ0) is 23.4. The van der Waals surface area contributed by atoms with Crippen LogP contribution >= 0.6 is 0 Å². The van der Waals surface area contributed by atoms with Gasteiger partial charge < -0.3 is 20.7 Å². The summed E-state index contributed by atoms with van der Waals surface area (Å²) < 4.78 is 0. The van der Waals surface area contributed by atoms with Gasteiger partial charge in [0.05, 0.1) is 11.4 Å². The molecule has 2 aromatic rings. The number of fused-ring (bicyclic) bond motifs is 1. The van der Waals surface area contributed by atoms with Gasteiger partial charge in [-0.3, -0.25) is 9.78 Å².